The maximum absolute atomic E-state index is 13.3. The number of carboxylic acids is 1. The van der Waals surface area contributed by atoms with E-state index in [1.165, 1.54) is 12.1 Å². The summed E-state index contributed by atoms with van der Waals surface area (Å²) in [6, 6.07) is 4.08. The maximum atomic E-state index is 13.3. The van der Waals surface area contributed by atoms with Gasteiger partial charge in [-0.2, -0.15) is 0 Å². The molecule has 5 heteroatoms. The van der Waals surface area contributed by atoms with Crippen LogP contribution in [0.15, 0.2) is 18.2 Å². The first-order valence-corrected chi connectivity index (χ1v) is 5.27. The lowest BCUT2D eigenvalue weighted by Gasteiger charge is -2.12. The Morgan fingerprint density at radius 1 is 1.41 bits per heavy atom. The van der Waals surface area contributed by atoms with Crippen LogP contribution in [-0.2, 0) is 4.79 Å². The minimum atomic E-state index is -1.14. The van der Waals surface area contributed by atoms with Crippen LogP contribution in [-0.4, -0.2) is 22.5 Å². The van der Waals surface area contributed by atoms with Crippen molar-refractivity contribution in [1.29, 1.82) is 0 Å². The van der Waals surface area contributed by atoms with Gasteiger partial charge >= 0.3 is 5.97 Å². The molecule has 1 saturated carbocycles. The summed E-state index contributed by atoms with van der Waals surface area (Å²) in [6.45, 7) is 1.59. The van der Waals surface area contributed by atoms with E-state index in [4.69, 9.17) is 5.11 Å². The second-order valence-corrected chi connectivity index (χ2v) is 4.31. The molecule has 1 aliphatic carbocycles. The number of nitrogens with one attached hydrogen (secondary N) is 1. The molecular weight excluding hydrogens is 225 g/mol. The van der Waals surface area contributed by atoms with Crippen LogP contribution in [0, 0.1) is 12.7 Å². The molecule has 0 radical (unpaired) electrons. The van der Waals surface area contributed by atoms with Gasteiger partial charge in [-0.3, -0.25) is 4.79 Å². The molecule has 0 saturated heterocycles. The van der Waals surface area contributed by atoms with Crippen LogP contribution in [0.5, 0.6) is 0 Å². The molecule has 1 aromatic rings. The van der Waals surface area contributed by atoms with E-state index in [9.17, 15) is 14.0 Å². The number of halogens is 1. The number of amides is 1. The highest BCUT2D eigenvalue weighted by molar-refractivity contribution is 5.98. The number of hydrogen-bond acceptors (Lipinski definition) is 2. The van der Waals surface area contributed by atoms with Gasteiger partial charge in [0.25, 0.3) is 5.91 Å². The summed E-state index contributed by atoms with van der Waals surface area (Å²) in [5.41, 5.74) is -0.556. The van der Waals surface area contributed by atoms with Gasteiger partial charge in [-0.1, -0.05) is 6.07 Å². The number of carbonyl (C=O) groups excluding carboxylic acids is 1. The minimum Gasteiger partial charge on any atom is -0.480 e. The molecule has 1 aliphatic rings. The standard InChI is InChI=1S/C12H12FNO3/c1-7-2-3-8(6-9(7)13)10(15)14-12(4-5-12)11(16)17/h2-3,6H,4-5H2,1H3,(H,14,15)(H,16,17). The first kappa shape index (κ1) is 11.6. The van der Waals surface area contributed by atoms with Crippen molar-refractivity contribution in [3.05, 3.63) is 35.1 Å². The Morgan fingerprint density at radius 3 is 2.53 bits per heavy atom. The van der Waals surface area contributed by atoms with E-state index in [0.29, 0.717) is 18.4 Å². The zero-order valence-corrected chi connectivity index (χ0v) is 9.29. The van der Waals surface area contributed by atoms with Gasteiger partial charge in [-0.05, 0) is 37.5 Å². The molecule has 0 aliphatic heterocycles. The Kier molecular flexibility index (Phi) is 2.61. The molecule has 0 atom stereocenters. The van der Waals surface area contributed by atoms with Gasteiger partial charge in [0.1, 0.15) is 11.4 Å². The number of carbonyl (C=O) groups is 2. The van der Waals surface area contributed by atoms with E-state index in [1.54, 1.807) is 6.92 Å². The van der Waals surface area contributed by atoms with Crippen molar-refractivity contribution in [3.8, 4) is 0 Å². The maximum Gasteiger partial charge on any atom is 0.329 e. The van der Waals surface area contributed by atoms with Crippen molar-refractivity contribution in [3.63, 3.8) is 0 Å². The Balaban J connectivity index is 2.15. The van der Waals surface area contributed by atoms with Crippen LogP contribution in [0.25, 0.3) is 0 Å². The topological polar surface area (TPSA) is 66.4 Å². The summed E-state index contributed by atoms with van der Waals surface area (Å²) in [6.07, 6.45) is 0.838. The van der Waals surface area contributed by atoms with Crippen LogP contribution in [0.4, 0.5) is 4.39 Å². The quantitative estimate of drug-likeness (QED) is 0.836. The summed E-state index contributed by atoms with van der Waals surface area (Å²) in [5, 5.41) is 11.3. The summed E-state index contributed by atoms with van der Waals surface area (Å²) < 4.78 is 13.3. The van der Waals surface area contributed by atoms with Gasteiger partial charge in [-0.15, -0.1) is 0 Å². The number of rotatable bonds is 3. The smallest absolute Gasteiger partial charge is 0.329 e. The van der Waals surface area contributed by atoms with E-state index in [0.717, 1.165) is 6.07 Å². The third-order valence-electron chi connectivity index (χ3n) is 2.95. The van der Waals surface area contributed by atoms with Crippen LogP contribution in [0.1, 0.15) is 28.8 Å². The SMILES string of the molecule is Cc1ccc(C(=O)NC2(C(=O)O)CC2)cc1F. The van der Waals surface area contributed by atoms with E-state index in [2.05, 4.69) is 5.32 Å². The molecule has 0 bridgehead atoms. The summed E-state index contributed by atoms with van der Waals surface area (Å²) in [4.78, 5) is 22.6. The predicted octanol–water partition coefficient (Wildman–Crippen LogP) is 1.48. The lowest BCUT2D eigenvalue weighted by molar-refractivity contribution is -0.140. The highest BCUT2D eigenvalue weighted by Gasteiger charge is 2.51. The molecule has 2 rings (SSSR count). The molecule has 0 aromatic heterocycles. The molecule has 2 N–H and O–H groups in total. The lowest BCUT2D eigenvalue weighted by atomic mass is 10.1. The summed E-state index contributed by atoms with van der Waals surface area (Å²) >= 11 is 0. The first-order chi connectivity index (χ1) is 7.94. The van der Waals surface area contributed by atoms with E-state index in [-0.39, 0.29) is 5.56 Å². The van der Waals surface area contributed by atoms with Gasteiger partial charge in [0.15, 0.2) is 0 Å². The Bertz CT molecular complexity index is 495. The summed E-state index contributed by atoms with van der Waals surface area (Å²) in [5.74, 6) is -2.07. The number of aliphatic carboxylic acids is 1. The van der Waals surface area contributed by atoms with Gasteiger partial charge in [0, 0.05) is 5.56 Å². The van der Waals surface area contributed by atoms with E-state index in [1.807, 2.05) is 0 Å². The molecule has 1 fully saturated rings. The number of benzene rings is 1. The molecule has 0 heterocycles. The van der Waals surface area contributed by atoms with Gasteiger partial charge < -0.3 is 10.4 Å². The normalized spacial score (nSPS) is 16.4. The zero-order valence-electron chi connectivity index (χ0n) is 9.29. The second-order valence-electron chi connectivity index (χ2n) is 4.31. The number of aryl methyl sites for hydroxylation is 1. The molecule has 17 heavy (non-hydrogen) atoms. The fourth-order valence-corrected chi connectivity index (χ4v) is 1.54. The van der Waals surface area contributed by atoms with E-state index < -0.39 is 23.2 Å². The lowest BCUT2D eigenvalue weighted by Crippen LogP contribution is -2.43. The Labute approximate surface area is 97.4 Å². The highest BCUT2D eigenvalue weighted by atomic mass is 19.1. The van der Waals surface area contributed by atoms with Crippen molar-refractivity contribution < 1.29 is 19.1 Å². The fraction of sp³-hybridized carbons (Fsp3) is 0.333. The van der Waals surface area contributed by atoms with Crippen molar-refractivity contribution in [2.75, 3.05) is 0 Å². The molecule has 1 amide bonds. The largest absolute Gasteiger partial charge is 0.480 e. The third-order valence-corrected chi connectivity index (χ3v) is 2.95. The Hall–Kier alpha value is -1.91. The van der Waals surface area contributed by atoms with Crippen molar-refractivity contribution in [2.45, 2.75) is 25.3 Å². The average molecular weight is 237 g/mol. The third kappa shape index (κ3) is 2.13. The molecular formula is C12H12FNO3. The molecule has 1 aromatic carbocycles. The highest BCUT2D eigenvalue weighted by Crippen LogP contribution is 2.35. The molecule has 90 valence electrons. The van der Waals surface area contributed by atoms with Crippen molar-refractivity contribution in [1.82, 2.24) is 5.32 Å². The first-order valence-electron chi connectivity index (χ1n) is 5.27. The van der Waals surface area contributed by atoms with Crippen LogP contribution < -0.4 is 5.32 Å². The van der Waals surface area contributed by atoms with Crippen LogP contribution in [0.3, 0.4) is 0 Å². The molecule has 4 nitrogen and oxygen atoms in total. The zero-order chi connectivity index (χ0) is 12.6. The Morgan fingerprint density at radius 2 is 2.06 bits per heavy atom. The summed E-state index contributed by atoms with van der Waals surface area (Å²) in [7, 11) is 0. The minimum absolute atomic E-state index is 0.139. The predicted molar refractivity (Wildman–Crippen MR) is 58.2 cm³/mol. The van der Waals surface area contributed by atoms with Gasteiger partial charge in [0.2, 0.25) is 0 Å². The number of hydrogen-bond donors (Lipinski definition) is 2. The number of carboxylic acid groups (broad SMARTS) is 1. The molecule has 0 unspecified atom stereocenters. The fourth-order valence-electron chi connectivity index (χ4n) is 1.54. The van der Waals surface area contributed by atoms with Crippen molar-refractivity contribution >= 4 is 11.9 Å². The van der Waals surface area contributed by atoms with Gasteiger partial charge in [-0.25, -0.2) is 9.18 Å². The monoisotopic (exact) mass is 237 g/mol. The van der Waals surface area contributed by atoms with Crippen LogP contribution >= 0.6 is 0 Å². The second kappa shape index (κ2) is 3.84. The van der Waals surface area contributed by atoms with E-state index >= 15 is 0 Å². The molecule has 0 spiro atoms. The van der Waals surface area contributed by atoms with Crippen LogP contribution in [0.2, 0.25) is 0 Å². The van der Waals surface area contributed by atoms with Gasteiger partial charge in [0.05, 0.1) is 0 Å². The van der Waals surface area contributed by atoms with Crippen molar-refractivity contribution in [2.24, 2.45) is 0 Å². The average Bonchev–Trinajstić information content (AvgIpc) is 3.03.